The molecule has 1 aromatic heterocycles. The zero-order chi connectivity index (χ0) is 12.3. The number of methoxy groups -OCH3 is 1. The van der Waals surface area contributed by atoms with E-state index in [-0.39, 0.29) is 0 Å². The van der Waals surface area contributed by atoms with Crippen LogP contribution in [0.5, 0.6) is 0 Å². The van der Waals surface area contributed by atoms with Crippen molar-refractivity contribution in [3.63, 3.8) is 0 Å². The second-order valence-corrected chi connectivity index (χ2v) is 3.33. The number of esters is 1. The molecular weight excluding hydrogens is 212 g/mol. The van der Waals surface area contributed by atoms with Gasteiger partial charge in [0.15, 0.2) is 5.78 Å². The maximum atomic E-state index is 11.8. The van der Waals surface area contributed by atoms with Gasteiger partial charge in [-0.05, 0) is 19.9 Å². The molecule has 0 aliphatic rings. The highest BCUT2D eigenvalue weighted by Gasteiger charge is 2.30. The van der Waals surface area contributed by atoms with Gasteiger partial charge in [-0.1, -0.05) is 0 Å². The number of Topliss-reactive ketones (excluding diaryl/α,β-unsaturated/α-hetero) is 2. The number of furan rings is 1. The van der Waals surface area contributed by atoms with Gasteiger partial charge in [-0.2, -0.15) is 0 Å². The molecule has 0 bridgehead atoms. The van der Waals surface area contributed by atoms with Crippen LogP contribution in [0.4, 0.5) is 0 Å². The van der Waals surface area contributed by atoms with E-state index in [0.717, 1.165) is 7.11 Å². The average Bonchev–Trinajstić information content (AvgIpc) is 2.71. The minimum atomic E-state index is -1.05. The average molecular weight is 224 g/mol. The van der Waals surface area contributed by atoms with E-state index < -0.39 is 23.5 Å². The molecule has 0 aromatic carbocycles. The molecule has 1 heterocycles. The van der Waals surface area contributed by atoms with Crippen LogP contribution in [0, 0.1) is 12.8 Å². The van der Waals surface area contributed by atoms with Crippen LogP contribution in [0.15, 0.2) is 16.7 Å². The van der Waals surface area contributed by atoms with Gasteiger partial charge < -0.3 is 9.15 Å². The first-order valence-electron chi connectivity index (χ1n) is 4.69. The largest absolute Gasteiger partial charge is 0.469 e. The fraction of sp³-hybridized carbons (Fsp3) is 0.364. The highest BCUT2D eigenvalue weighted by atomic mass is 16.5. The predicted octanol–water partition coefficient (Wildman–Crippen LogP) is 1.15. The third-order valence-corrected chi connectivity index (χ3v) is 2.30. The third-order valence-electron chi connectivity index (χ3n) is 2.30. The number of rotatable bonds is 4. The number of carbonyl (C=O) groups excluding carboxylic acids is 3. The first kappa shape index (κ1) is 12.2. The Morgan fingerprint density at radius 3 is 2.44 bits per heavy atom. The summed E-state index contributed by atoms with van der Waals surface area (Å²) in [5, 5.41) is 0. The van der Waals surface area contributed by atoms with Crippen molar-refractivity contribution < 1.29 is 23.5 Å². The summed E-state index contributed by atoms with van der Waals surface area (Å²) in [6.45, 7) is 2.98. The van der Waals surface area contributed by atoms with Crippen LogP contribution in [-0.4, -0.2) is 24.6 Å². The minimum absolute atomic E-state index is 0.310. The van der Waals surface area contributed by atoms with E-state index in [2.05, 4.69) is 4.74 Å². The lowest BCUT2D eigenvalue weighted by molar-refractivity contribution is -0.152. The second kappa shape index (κ2) is 4.74. The summed E-state index contributed by atoms with van der Waals surface area (Å²) in [5.41, 5.74) is 0.310. The highest BCUT2D eigenvalue weighted by molar-refractivity contribution is 6.39. The van der Waals surface area contributed by atoms with Crippen LogP contribution in [0.3, 0.4) is 0 Å². The maximum Gasteiger partial charge on any atom is 0.375 e. The first-order valence-corrected chi connectivity index (χ1v) is 4.69. The molecule has 0 saturated carbocycles. The van der Waals surface area contributed by atoms with Crippen LogP contribution >= 0.6 is 0 Å². The Morgan fingerprint density at radius 1 is 1.38 bits per heavy atom. The van der Waals surface area contributed by atoms with Crippen molar-refractivity contribution in [2.24, 2.45) is 5.92 Å². The van der Waals surface area contributed by atoms with Crippen LogP contribution in [0.25, 0.3) is 0 Å². The summed E-state index contributed by atoms with van der Waals surface area (Å²) >= 11 is 0. The molecule has 1 rings (SSSR count). The standard InChI is InChI=1S/C11H12O5/c1-6(10(13)11(14)15-3)9(12)8-4-5-16-7(8)2/h4-6H,1-3H3. The summed E-state index contributed by atoms with van der Waals surface area (Å²) in [5.74, 6) is -2.94. The zero-order valence-electron chi connectivity index (χ0n) is 9.27. The lowest BCUT2D eigenvalue weighted by atomic mass is 9.96. The molecule has 1 unspecified atom stereocenters. The topological polar surface area (TPSA) is 73.6 Å². The van der Waals surface area contributed by atoms with Crippen molar-refractivity contribution in [3.05, 3.63) is 23.7 Å². The highest BCUT2D eigenvalue weighted by Crippen LogP contribution is 2.15. The Morgan fingerprint density at radius 2 is 2.00 bits per heavy atom. The van der Waals surface area contributed by atoms with E-state index in [1.165, 1.54) is 19.3 Å². The molecule has 16 heavy (non-hydrogen) atoms. The van der Waals surface area contributed by atoms with Gasteiger partial charge in [0.1, 0.15) is 5.76 Å². The van der Waals surface area contributed by atoms with E-state index in [1.54, 1.807) is 6.92 Å². The summed E-state index contributed by atoms with van der Waals surface area (Å²) in [6, 6.07) is 1.47. The maximum absolute atomic E-state index is 11.8. The Bertz CT molecular complexity index is 429. The molecule has 5 nitrogen and oxygen atoms in total. The SMILES string of the molecule is COC(=O)C(=O)C(C)C(=O)c1ccoc1C. The normalized spacial score (nSPS) is 11.9. The molecule has 0 aliphatic heterocycles. The summed E-state index contributed by atoms with van der Waals surface area (Å²) < 4.78 is 9.22. The predicted molar refractivity (Wildman–Crippen MR) is 54.0 cm³/mol. The molecule has 1 aromatic rings. The van der Waals surface area contributed by atoms with Crippen molar-refractivity contribution in [2.45, 2.75) is 13.8 Å². The lowest BCUT2D eigenvalue weighted by Crippen LogP contribution is -2.29. The van der Waals surface area contributed by atoms with Gasteiger partial charge in [0.25, 0.3) is 5.78 Å². The van der Waals surface area contributed by atoms with Crippen LogP contribution in [0.2, 0.25) is 0 Å². The van der Waals surface area contributed by atoms with Crippen molar-refractivity contribution in [1.29, 1.82) is 0 Å². The monoisotopic (exact) mass is 224 g/mol. The molecule has 0 saturated heterocycles. The van der Waals surface area contributed by atoms with Crippen LogP contribution in [-0.2, 0) is 14.3 Å². The van der Waals surface area contributed by atoms with Crippen molar-refractivity contribution in [1.82, 2.24) is 0 Å². The zero-order valence-corrected chi connectivity index (χ0v) is 9.27. The van der Waals surface area contributed by atoms with Gasteiger partial charge in [0.2, 0.25) is 0 Å². The molecule has 0 fully saturated rings. The minimum Gasteiger partial charge on any atom is -0.469 e. The Hall–Kier alpha value is -1.91. The first-order chi connectivity index (χ1) is 7.49. The van der Waals surface area contributed by atoms with E-state index in [9.17, 15) is 14.4 Å². The smallest absolute Gasteiger partial charge is 0.375 e. The number of carbonyl (C=O) groups is 3. The summed E-state index contributed by atoms with van der Waals surface area (Å²) in [6.07, 6.45) is 1.36. The lowest BCUT2D eigenvalue weighted by Gasteiger charge is -2.06. The number of aryl methyl sites for hydroxylation is 1. The summed E-state index contributed by atoms with van der Waals surface area (Å²) in [7, 11) is 1.10. The summed E-state index contributed by atoms with van der Waals surface area (Å²) in [4.78, 5) is 34.2. The molecule has 0 amide bonds. The van der Waals surface area contributed by atoms with E-state index in [4.69, 9.17) is 4.42 Å². The molecular formula is C11H12O5. The fourth-order valence-electron chi connectivity index (χ4n) is 1.27. The quantitative estimate of drug-likeness (QED) is 0.332. The van der Waals surface area contributed by atoms with Gasteiger partial charge in [-0.25, -0.2) is 4.79 Å². The van der Waals surface area contributed by atoms with Gasteiger partial charge in [-0.15, -0.1) is 0 Å². The Labute approximate surface area is 92.4 Å². The van der Waals surface area contributed by atoms with Gasteiger partial charge in [-0.3, -0.25) is 9.59 Å². The number of ether oxygens (including phenoxy) is 1. The Balaban J connectivity index is 2.87. The van der Waals surface area contributed by atoms with Crippen LogP contribution < -0.4 is 0 Å². The van der Waals surface area contributed by atoms with Crippen LogP contribution in [0.1, 0.15) is 23.0 Å². The van der Waals surface area contributed by atoms with Gasteiger partial charge >= 0.3 is 5.97 Å². The molecule has 0 spiro atoms. The van der Waals surface area contributed by atoms with Crippen molar-refractivity contribution in [3.8, 4) is 0 Å². The van der Waals surface area contributed by atoms with E-state index in [0.29, 0.717) is 11.3 Å². The Kier molecular flexibility index (Phi) is 3.60. The van der Waals surface area contributed by atoms with Gasteiger partial charge in [0, 0.05) is 0 Å². The third kappa shape index (κ3) is 2.18. The molecule has 1 atom stereocenters. The van der Waals surface area contributed by atoms with Crippen molar-refractivity contribution in [2.75, 3.05) is 7.11 Å². The molecule has 0 radical (unpaired) electrons. The molecule has 0 N–H and O–H groups in total. The fourth-order valence-corrected chi connectivity index (χ4v) is 1.27. The van der Waals surface area contributed by atoms with E-state index in [1.807, 2.05) is 0 Å². The molecule has 5 heteroatoms. The number of ketones is 2. The number of hydrogen-bond acceptors (Lipinski definition) is 5. The van der Waals surface area contributed by atoms with E-state index >= 15 is 0 Å². The molecule has 86 valence electrons. The van der Waals surface area contributed by atoms with Crippen molar-refractivity contribution >= 4 is 17.5 Å². The van der Waals surface area contributed by atoms with Gasteiger partial charge in [0.05, 0.1) is 24.9 Å². The number of hydrogen-bond donors (Lipinski definition) is 0. The molecule has 0 aliphatic carbocycles. The second-order valence-electron chi connectivity index (χ2n) is 3.33.